The number of aliphatic carboxylic acids is 1. The number of carbonyl (C=O) groups excluding carboxylic acids is 1. The summed E-state index contributed by atoms with van der Waals surface area (Å²) in [5, 5.41) is 11.1. The first-order valence-corrected chi connectivity index (χ1v) is 7.45. The molecule has 0 spiro atoms. The van der Waals surface area contributed by atoms with Gasteiger partial charge in [-0.25, -0.2) is 17.5 Å². The highest BCUT2D eigenvalue weighted by Crippen LogP contribution is 1.94. The number of hydrogen-bond acceptors (Lipinski definition) is 5. The summed E-state index contributed by atoms with van der Waals surface area (Å²) in [6.45, 7) is -0.274. The van der Waals surface area contributed by atoms with Crippen LogP contribution in [0.25, 0.3) is 0 Å². The van der Waals surface area contributed by atoms with Crippen molar-refractivity contribution >= 4 is 22.0 Å². The molecule has 0 aromatic rings. The molecule has 118 valence electrons. The molecule has 0 atom stereocenters. The van der Waals surface area contributed by atoms with Crippen LogP contribution in [0.3, 0.4) is 0 Å². The molecule has 0 aliphatic carbocycles. The van der Waals surface area contributed by atoms with Gasteiger partial charge in [-0.15, -0.1) is 0 Å². The summed E-state index contributed by atoms with van der Waals surface area (Å²) in [6, 6.07) is -0.640. The highest BCUT2D eigenvalue weighted by atomic mass is 32.2. The Kier molecular flexibility index (Phi) is 8.11. The maximum atomic E-state index is 11.7. The predicted molar refractivity (Wildman–Crippen MR) is 72.0 cm³/mol. The Morgan fingerprint density at radius 3 is 2.35 bits per heavy atom. The smallest absolute Gasteiger partial charge is 0.323 e. The van der Waals surface area contributed by atoms with E-state index in [1.54, 1.807) is 0 Å². The molecule has 0 aromatic heterocycles. The van der Waals surface area contributed by atoms with Gasteiger partial charge in [0, 0.05) is 34.3 Å². The van der Waals surface area contributed by atoms with Crippen LogP contribution in [0.1, 0.15) is 0 Å². The SMILES string of the molecule is COCCN(CC(=O)O)C(=O)NCCS(=O)(=O)N(C)C. The molecule has 0 bridgehead atoms. The van der Waals surface area contributed by atoms with Crippen LogP contribution in [0, 0.1) is 0 Å². The minimum Gasteiger partial charge on any atom is -0.480 e. The molecule has 20 heavy (non-hydrogen) atoms. The van der Waals surface area contributed by atoms with Crippen LogP contribution in [0.15, 0.2) is 0 Å². The summed E-state index contributed by atoms with van der Waals surface area (Å²) in [4.78, 5) is 23.4. The van der Waals surface area contributed by atoms with E-state index >= 15 is 0 Å². The monoisotopic (exact) mass is 311 g/mol. The molecule has 0 aliphatic rings. The third-order valence-corrected chi connectivity index (χ3v) is 4.20. The Labute approximate surface area is 118 Å². The molecule has 0 fully saturated rings. The lowest BCUT2D eigenvalue weighted by molar-refractivity contribution is -0.137. The van der Waals surface area contributed by atoms with E-state index in [4.69, 9.17) is 9.84 Å². The van der Waals surface area contributed by atoms with E-state index in [0.717, 1.165) is 9.21 Å². The van der Waals surface area contributed by atoms with E-state index in [1.807, 2.05) is 0 Å². The zero-order chi connectivity index (χ0) is 15.8. The number of nitrogens with one attached hydrogen (secondary N) is 1. The molecule has 0 saturated carbocycles. The number of carboxylic acids is 1. The van der Waals surface area contributed by atoms with Crippen molar-refractivity contribution in [2.45, 2.75) is 0 Å². The maximum Gasteiger partial charge on any atom is 0.323 e. The molecular formula is C10H21N3O6S. The Morgan fingerprint density at radius 1 is 1.30 bits per heavy atom. The first-order chi connectivity index (χ1) is 9.20. The number of rotatable bonds is 9. The van der Waals surface area contributed by atoms with E-state index in [0.29, 0.717) is 0 Å². The number of methoxy groups -OCH3 is 1. The van der Waals surface area contributed by atoms with Crippen LogP contribution < -0.4 is 5.32 Å². The average molecular weight is 311 g/mol. The minimum atomic E-state index is -3.40. The number of hydrogen-bond donors (Lipinski definition) is 2. The average Bonchev–Trinajstić information content (AvgIpc) is 2.33. The molecule has 10 heteroatoms. The summed E-state index contributed by atoms with van der Waals surface area (Å²) >= 11 is 0. The second-order valence-electron chi connectivity index (χ2n) is 4.14. The molecule has 0 aromatic carbocycles. The number of sulfonamides is 1. The maximum absolute atomic E-state index is 11.7. The summed E-state index contributed by atoms with van der Waals surface area (Å²) in [6.07, 6.45) is 0. The first kappa shape index (κ1) is 18.6. The summed E-state index contributed by atoms with van der Waals surface area (Å²) in [7, 11) is 0.821. The Bertz CT molecular complexity index is 423. The van der Waals surface area contributed by atoms with Gasteiger partial charge in [0.15, 0.2) is 0 Å². The second kappa shape index (κ2) is 8.72. The molecule has 9 nitrogen and oxygen atoms in total. The number of carboxylic acid groups (broad SMARTS) is 1. The van der Waals surface area contributed by atoms with Crippen LogP contribution in [-0.2, 0) is 19.6 Å². The standard InChI is InChI=1S/C10H21N3O6S/c1-12(2)20(17,18)7-4-11-10(16)13(5-6-19-3)8-9(14)15/h4-8H2,1-3H3,(H,11,16)(H,14,15). The van der Waals surface area contributed by atoms with Crippen LogP contribution in [-0.4, -0.2) is 87.9 Å². The zero-order valence-corrected chi connectivity index (χ0v) is 12.6. The van der Waals surface area contributed by atoms with E-state index in [-0.39, 0.29) is 25.4 Å². The van der Waals surface area contributed by atoms with Gasteiger partial charge in [0.2, 0.25) is 10.0 Å². The lowest BCUT2D eigenvalue weighted by Crippen LogP contribution is -2.46. The molecule has 2 amide bonds. The lowest BCUT2D eigenvalue weighted by atomic mass is 10.5. The first-order valence-electron chi connectivity index (χ1n) is 5.84. The van der Waals surface area contributed by atoms with Crippen molar-refractivity contribution in [1.29, 1.82) is 0 Å². The van der Waals surface area contributed by atoms with Crippen molar-refractivity contribution < 1.29 is 27.9 Å². The van der Waals surface area contributed by atoms with Crippen molar-refractivity contribution in [3.63, 3.8) is 0 Å². The van der Waals surface area contributed by atoms with Gasteiger partial charge in [0.25, 0.3) is 0 Å². The quantitative estimate of drug-likeness (QED) is 0.542. The largest absolute Gasteiger partial charge is 0.480 e. The molecule has 0 rings (SSSR count). The third kappa shape index (κ3) is 7.26. The van der Waals surface area contributed by atoms with Crippen molar-refractivity contribution in [3.8, 4) is 0 Å². The van der Waals surface area contributed by atoms with E-state index < -0.39 is 28.6 Å². The highest BCUT2D eigenvalue weighted by molar-refractivity contribution is 7.89. The fraction of sp³-hybridized carbons (Fsp3) is 0.800. The zero-order valence-electron chi connectivity index (χ0n) is 11.8. The Balaban J connectivity index is 4.35. The summed E-state index contributed by atoms with van der Waals surface area (Å²) in [5.74, 6) is -1.41. The van der Waals surface area contributed by atoms with Crippen molar-refractivity contribution in [3.05, 3.63) is 0 Å². The van der Waals surface area contributed by atoms with Crippen LogP contribution >= 0.6 is 0 Å². The second-order valence-corrected chi connectivity index (χ2v) is 6.44. The predicted octanol–water partition coefficient (Wildman–Crippen LogP) is -1.38. The van der Waals surface area contributed by atoms with Gasteiger partial charge in [-0.1, -0.05) is 0 Å². The Hall–Kier alpha value is -1.39. The van der Waals surface area contributed by atoms with Crippen molar-refractivity contribution in [2.75, 3.05) is 53.2 Å². The molecule has 2 N–H and O–H groups in total. The molecule has 0 radical (unpaired) electrons. The van der Waals surface area contributed by atoms with Crippen LogP contribution in [0.4, 0.5) is 4.79 Å². The molecule has 0 heterocycles. The third-order valence-electron chi connectivity index (χ3n) is 2.37. The van der Waals surface area contributed by atoms with Gasteiger partial charge in [0.05, 0.1) is 12.4 Å². The van der Waals surface area contributed by atoms with Crippen LogP contribution in [0.2, 0.25) is 0 Å². The molecular weight excluding hydrogens is 290 g/mol. The van der Waals surface area contributed by atoms with Gasteiger partial charge in [-0.05, 0) is 0 Å². The normalized spacial score (nSPS) is 11.4. The van der Waals surface area contributed by atoms with Gasteiger partial charge in [0.1, 0.15) is 6.54 Å². The van der Waals surface area contributed by atoms with Crippen molar-refractivity contribution in [1.82, 2.24) is 14.5 Å². The minimum absolute atomic E-state index is 0.0948. The Morgan fingerprint density at radius 2 is 1.90 bits per heavy atom. The summed E-state index contributed by atoms with van der Waals surface area (Å²) < 4.78 is 28.8. The molecule has 0 unspecified atom stereocenters. The fourth-order valence-corrected chi connectivity index (χ4v) is 1.92. The van der Waals surface area contributed by atoms with Gasteiger partial charge in [-0.3, -0.25) is 4.79 Å². The number of urea groups is 1. The number of ether oxygens (including phenoxy) is 1. The van der Waals surface area contributed by atoms with E-state index in [9.17, 15) is 18.0 Å². The van der Waals surface area contributed by atoms with Gasteiger partial charge >= 0.3 is 12.0 Å². The van der Waals surface area contributed by atoms with Gasteiger partial charge in [-0.2, -0.15) is 0 Å². The van der Waals surface area contributed by atoms with Crippen molar-refractivity contribution in [2.24, 2.45) is 0 Å². The molecule has 0 aliphatic heterocycles. The summed E-state index contributed by atoms with van der Waals surface area (Å²) in [5.41, 5.74) is 0. The van der Waals surface area contributed by atoms with Gasteiger partial charge < -0.3 is 20.1 Å². The number of amides is 2. The molecule has 0 saturated heterocycles. The topological polar surface area (TPSA) is 116 Å². The number of carbonyl (C=O) groups is 2. The van der Waals surface area contributed by atoms with E-state index in [1.165, 1.54) is 21.2 Å². The van der Waals surface area contributed by atoms with Crippen LogP contribution in [0.5, 0.6) is 0 Å². The lowest BCUT2D eigenvalue weighted by Gasteiger charge is -2.21. The number of nitrogens with zero attached hydrogens (tertiary/aromatic N) is 2. The van der Waals surface area contributed by atoms with E-state index in [2.05, 4.69) is 5.32 Å². The highest BCUT2D eigenvalue weighted by Gasteiger charge is 2.18. The fourth-order valence-electron chi connectivity index (χ4n) is 1.20.